The second-order valence-electron chi connectivity index (χ2n) is 12.8. The highest BCUT2D eigenvalue weighted by Crippen LogP contribution is 2.67. The second kappa shape index (κ2) is 10.1. The third-order valence-electron chi connectivity index (χ3n) is 11.0. The molecule has 4 N–H and O–H groups in total. The molecule has 36 heavy (non-hydrogen) atoms. The standard InChI is InChI=1S/C28H43NO7/c1-15(4-7-23(32)29-21(26(35)36)14-24(33)34)18-5-6-19-25-20(9-11-28(18,19)3)27(2)10-8-17(30)12-16(27)13-22(25)31/h15-21,25,30H,4-14H2,1-3H3,(H,29,32)(H,33,34)(H,35,36)/t15?,16-,17+,18?,19?,20?,21-,25?,27?,28?/m0/s1. The van der Waals surface area contributed by atoms with E-state index in [-0.39, 0.29) is 35.2 Å². The minimum atomic E-state index is -1.42. The summed E-state index contributed by atoms with van der Waals surface area (Å²) in [6.45, 7) is 6.88. The third-order valence-corrected chi connectivity index (χ3v) is 11.0. The molecular weight excluding hydrogens is 462 g/mol. The molecule has 4 saturated carbocycles. The van der Waals surface area contributed by atoms with Crippen LogP contribution in [0, 0.1) is 46.3 Å². The zero-order valence-electron chi connectivity index (χ0n) is 21.9. The van der Waals surface area contributed by atoms with Crippen LogP contribution >= 0.6 is 0 Å². The Bertz CT molecular complexity index is 904. The summed E-state index contributed by atoms with van der Waals surface area (Å²) in [5, 5.41) is 30.7. The number of carboxylic acid groups (broad SMARTS) is 2. The molecule has 0 aromatic rings. The van der Waals surface area contributed by atoms with Crippen LogP contribution in [0.2, 0.25) is 0 Å². The van der Waals surface area contributed by atoms with Gasteiger partial charge in [-0.05, 0) is 91.8 Å². The zero-order valence-corrected chi connectivity index (χ0v) is 21.9. The fraction of sp³-hybridized carbons (Fsp3) is 0.857. The number of nitrogens with one attached hydrogen (secondary N) is 1. The molecule has 0 aliphatic heterocycles. The van der Waals surface area contributed by atoms with Gasteiger partial charge in [0.25, 0.3) is 0 Å². The number of fused-ring (bicyclic) bond motifs is 5. The minimum Gasteiger partial charge on any atom is -0.481 e. The summed E-state index contributed by atoms with van der Waals surface area (Å²) >= 11 is 0. The van der Waals surface area contributed by atoms with Gasteiger partial charge in [0.15, 0.2) is 0 Å². The summed E-state index contributed by atoms with van der Waals surface area (Å²) in [6.07, 6.45) is 7.25. The number of ketones is 1. The monoisotopic (exact) mass is 505 g/mol. The van der Waals surface area contributed by atoms with Crippen molar-refractivity contribution in [1.82, 2.24) is 5.32 Å². The number of hydrogen-bond donors (Lipinski definition) is 4. The first-order valence-corrected chi connectivity index (χ1v) is 13.8. The highest BCUT2D eigenvalue weighted by Gasteiger charge is 2.63. The van der Waals surface area contributed by atoms with Crippen molar-refractivity contribution in [3.05, 3.63) is 0 Å². The normalized spacial score (nSPS) is 41.4. The maximum Gasteiger partial charge on any atom is 0.326 e. The van der Waals surface area contributed by atoms with Crippen molar-refractivity contribution >= 4 is 23.6 Å². The highest BCUT2D eigenvalue weighted by atomic mass is 16.4. The molecule has 0 bridgehead atoms. The van der Waals surface area contributed by atoms with Crippen LogP contribution < -0.4 is 5.32 Å². The zero-order chi connectivity index (χ0) is 26.4. The number of carboxylic acids is 2. The van der Waals surface area contributed by atoms with E-state index in [1.165, 1.54) is 0 Å². The van der Waals surface area contributed by atoms with Crippen LogP contribution in [-0.2, 0) is 19.2 Å². The largest absolute Gasteiger partial charge is 0.481 e. The topological polar surface area (TPSA) is 141 Å². The quantitative estimate of drug-likeness (QED) is 0.395. The Morgan fingerprint density at radius 1 is 1.03 bits per heavy atom. The predicted octanol–water partition coefficient (Wildman–Crippen LogP) is 3.65. The number of carbonyl (C=O) groups excluding carboxylic acids is 2. The molecule has 202 valence electrons. The van der Waals surface area contributed by atoms with Crippen LogP contribution in [0.4, 0.5) is 0 Å². The summed E-state index contributed by atoms with van der Waals surface area (Å²) < 4.78 is 0. The Morgan fingerprint density at radius 3 is 2.36 bits per heavy atom. The van der Waals surface area contributed by atoms with Gasteiger partial charge in [-0.25, -0.2) is 4.79 Å². The van der Waals surface area contributed by atoms with Crippen molar-refractivity contribution < 1.29 is 34.5 Å². The first-order chi connectivity index (χ1) is 16.9. The van der Waals surface area contributed by atoms with Crippen LogP contribution in [0.5, 0.6) is 0 Å². The Labute approximate surface area is 213 Å². The van der Waals surface area contributed by atoms with Crippen molar-refractivity contribution in [2.45, 2.75) is 104 Å². The molecule has 10 atom stereocenters. The van der Waals surface area contributed by atoms with Gasteiger partial charge in [-0.15, -0.1) is 0 Å². The fourth-order valence-electron chi connectivity index (χ4n) is 9.09. The Morgan fingerprint density at radius 2 is 1.69 bits per heavy atom. The van der Waals surface area contributed by atoms with Gasteiger partial charge in [-0.3, -0.25) is 14.4 Å². The van der Waals surface area contributed by atoms with Crippen LogP contribution in [0.3, 0.4) is 0 Å². The van der Waals surface area contributed by atoms with E-state index in [1.54, 1.807) is 0 Å². The molecule has 4 rings (SSSR count). The van der Waals surface area contributed by atoms with Gasteiger partial charge < -0.3 is 20.6 Å². The van der Waals surface area contributed by atoms with Crippen LogP contribution in [-0.4, -0.2) is 51.1 Å². The van der Waals surface area contributed by atoms with Crippen LogP contribution in [0.25, 0.3) is 0 Å². The van der Waals surface area contributed by atoms with E-state index in [1.807, 2.05) is 0 Å². The van der Waals surface area contributed by atoms with Crippen LogP contribution in [0.15, 0.2) is 0 Å². The molecular formula is C28H43NO7. The van der Waals surface area contributed by atoms with E-state index in [2.05, 4.69) is 26.1 Å². The number of rotatable bonds is 8. The summed E-state index contributed by atoms with van der Waals surface area (Å²) in [7, 11) is 0. The molecule has 7 unspecified atom stereocenters. The maximum atomic E-state index is 13.5. The molecule has 4 aliphatic carbocycles. The van der Waals surface area contributed by atoms with E-state index in [9.17, 15) is 29.4 Å². The summed E-state index contributed by atoms with van der Waals surface area (Å²) in [6, 6.07) is -1.42. The van der Waals surface area contributed by atoms with E-state index in [0.29, 0.717) is 42.3 Å². The van der Waals surface area contributed by atoms with Gasteiger partial charge in [0.05, 0.1) is 12.5 Å². The molecule has 8 nitrogen and oxygen atoms in total. The van der Waals surface area contributed by atoms with Gasteiger partial charge in [0.1, 0.15) is 11.8 Å². The van der Waals surface area contributed by atoms with E-state index >= 15 is 0 Å². The lowest BCUT2D eigenvalue weighted by Crippen LogP contribution is -2.57. The maximum absolute atomic E-state index is 13.5. The average Bonchev–Trinajstić information content (AvgIpc) is 3.15. The first kappa shape index (κ1) is 27.1. The molecule has 0 aromatic carbocycles. The van der Waals surface area contributed by atoms with E-state index in [0.717, 1.165) is 44.9 Å². The molecule has 0 heterocycles. The molecule has 0 radical (unpaired) electrons. The number of aliphatic carboxylic acids is 2. The molecule has 0 saturated heterocycles. The minimum absolute atomic E-state index is 0.0526. The highest BCUT2D eigenvalue weighted by molar-refractivity contribution is 5.86. The molecule has 1 amide bonds. The summed E-state index contributed by atoms with van der Waals surface area (Å²) in [4.78, 5) is 48.1. The van der Waals surface area contributed by atoms with Crippen LogP contribution in [0.1, 0.15) is 91.4 Å². The molecule has 8 heteroatoms. The lowest BCUT2D eigenvalue weighted by molar-refractivity contribution is -0.160. The molecule has 4 aliphatic rings. The van der Waals surface area contributed by atoms with Gasteiger partial charge in [-0.1, -0.05) is 20.8 Å². The van der Waals surface area contributed by atoms with Gasteiger partial charge in [0.2, 0.25) is 5.91 Å². The van der Waals surface area contributed by atoms with Crippen molar-refractivity contribution in [3.63, 3.8) is 0 Å². The number of carbonyl (C=O) groups is 4. The SMILES string of the molecule is CC(CCC(=O)N[C@@H](CC(=O)O)C(=O)O)C1CCC2C3C(=O)C[C@@H]4C[C@H](O)CCC4(C)C3CCC12C. The van der Waals surface area contributed by atoms with Crippen molar-refractivity contribution in [1.29, 1.82) is 0 Å². The van der Waals surface area contributed by atoms with Gasteiger partial charge in [0, 0.05) is 18.8 Å². The Kier molecular flexibility index (Phi) is 7.58. The molecule has 4 fully saturated rings. The predicted molar refractivity (Wildman–Crippen MR) is 132 cm³/mol. The van der Waals surface area contributed by atoms with Crippen molar-refractivity contribution in [2.24, 2.45) is 46.3 Å². The van der Waals surface area contributed by atoms with Gasteiger partial charge >= 0.3 is 11.9 Å². The number of aliphatic hydroxyl groups is 1. The third kappa shape index (κ3) is 4.82. The molecule has 0 aromatic heterocycles. The Hall–Kier alpha value is -1.96. The second-order valence-corrected chi connectivity index (χ2v) is 12.8. The summed E-state index contributed by atoms with van der Waals surface area (Å²) in [5.41, 5.74) is 0.189. The lowest BCUT2D eigenvalue weighted by atomic mass is 9.44. The van der Waals surface area contributed by atoms with E-state index in [4.69, 9.17) is 5.11 Å². The fourth-order valence-corrected chi connectivity index (χ4v) is 9.09. The first-order valence-electron chi connectivity index (χ1n) is 13.8. The van der Waals surface area contributed by atoms with E-state index < -0.39 is 30.3 Å². The average molecular weight is 506 g/mol. The summed E-state index contributed by atoms with van der Waals surface area (Å²) in [5.74, 6) is -0.830. The number of amides is 1. The van der Waals surface area contributed by atoms with Gasteiger partial charge in [-0.2, -0.15) is 0 Å². The Balaban J connectivity index is 1.40. The van der Waals surface area contributed by atoms with Crippen molar-refractivity contribution in [2.75, 3.05) is 0 Å². The number of aliphatic hydroxyl groups excluding tert-OH is 1. The van der Waals surface area contributed by atoms with Crippen molar-refractivity contribution in [3.8, 4) is 0 Å². The smallest absolute Gasteiger partial charge is 0.326 e. The molecule has 0 spiro atoms. The number of hydrogen-bond acceptors (Lipinski definition) is 5. The lowest BCUT2D eigenvalue weighted by Gasteiger charge is -2.60. The number of Topliss-reactive ketones (excluding diaryl/α,β-unsaturated/α-hetero) is 1.